The fourth-order valence-corrected chi connectivity index (χ4v) is 3.91. The third-order valence-electron chi connectivity index (χ3n) is 5.27. The lowest BCUT2D eigenvalue weighted by molar-refractivity contribution is -0.119. The van der Waals surface area contributed by atoms with Crippen LogP contribution in [0.5, 0.6) is 0 Å². The molecule has 0 spiro atoms. The molecule has 134 valence electrons. The normalized spacial score (nSPS) is 17.8. The average Bonchev–Trinajstić information content (AvgIpc) is 2.69. The molecule has 2 heterocycles. The number of nitrogens with zero attached hydrogens (tertiary/aromatic N) is 2. The van der Waals surface area contributed by atoms with E-state index in [0.29, 0.717) is 19.5 Å². The summed E-state index contributed by atoms with van der Waals surface area (Å²) in [5.74, 6) is 0.205. The van der Waals surface area contributed by atoms with Crippen molar-refractivity contribution in [3.05, 3.63) is 60.2 Å². The largest absolute Gasteiger partial charge is 0.324 e. The maximum Gasteiger partial charge on any atom is 0.321 e. The summed E-state index contributed by atoms with van der Waals surface area (Å²) in [5.41, 5.74) is 3.10. The summed E-state index contributed by atoms with van der Waals surface area (Å²) < 4.78 is 0. The fraction of sp³-hybridized carbons (Fsp3) is 0.333. The van der Waals surface area contributed by atoms with E-state index in [1.165, 1.54) is 5.56 Å². The second kappa shape index (κ2) is 7.20. The van der Waals surface area contributed by atoms with E-state index in [9.17, 15) is 9.59 Å². The molecule has 3 amide bonds. The molecule has 0 saturated carbocycles. The molecule has 4 rings (SSSR count). The predicted molar refractivity (Wildman–Crippen MR) is 102 cm³/mol. The van der Waals surface area contributed by atoms with Crippen molar-refractivity contribution < 1.29 is 9.59 Å². The highest BCUT2D eigenvalue weighted by molar-refractivity contribution is 5.97. The highest BCUT2D eigenvalue weighted by Crippen LogP contribution is 2.32. The third kappa shape index (κ3) is 3.29. The van der Waals surface area contributed by atoms with Gasteiger partial charge in [0.25, 0.3) is 0 Å². The molecule has 0 radical (unpaired) electrons. The van der Waals surface area contributed by atoms with E-state index in [-0.39, 0.29) is 18.0 Å². The molecule has 5 heteroatoms. The first-order chi connectivity index (χ1) is 12.7. The van der Waals surface area contributed by atoms with Gasteiger partial charge in [-0.3, -0.25) is 4.79 Å². The minimum Gasteiger partial charge on any atom is -0.324 e. The third-order valence-corrected chi connectivity index (χ3v) is 5.27. The van der Waals surface area contributed by atoms with Crippen LogP contribution in [-0.4, -0.2) is 36.0 Å². The van der Waals surface area contributed by atoms with Crippen LogP contribution in [0.1, 0.15) is 24.8 Å². The topological polar surface area (TPSA) is 52.7 Å². The van der Waals surface area contributed by atoms with Gasteiger partial charge in [0, 0.05) is 36.9 Å². The molecule has 5 nitrogen and oxygen atoms in total. The zero-order valence-corrected chi connectivity index (χ0v) is 14.7. The van der Waals surface area contributed by atoms with Crippen LogP contribution in [0.3, 0.4) is 0 Å². The Morgan fingerprint density at radius 3 is 2.38 bits per heavy atom. The van der Waals surface area contributed by atoms with Crippen LogP contribution in [0, 0.1) is 0 Å². The first kappa shape index (κ1) is 16.6. The van der Waals surface area contributed by atoms with E-state index < -0.39 is 0 Å². The second-order valence-corrected chi connectivity index (χ2v) is 6.91. The van der Waals surface area contributed by atoms with Crippen molar-refractivity contribution in [1.82, 2.24) is 4.90 Å². The van der Waals surface area contributed by atoms with E-state index in [1.54, 1.807) is 0 Å². The van der Waals surface area contributed by atoms with Crippen molar-refractivity contribution in [1.29, 1.82) is 0 Å². The average molecular weight is 349 g/mol. The Hall–Kier alpha value is -2.82. The van der Waals surface area contributed by atoms with Gasteiger partial charge >= 0.3 is 6.03 Å². The number of para-hydroxylation sites is 2. The Morgan fingerprint density at radius 1 is 0.923 bits per heavy atom. The molecule has 0 unspecified atom stereocenters. The fourth-order valence-electron chi connectivity index (χ4n) is 3.91. The van der Waals surface area contributed by atoms with Gasteiger partial charge in [-0.15, -0.1) is 0 Å². The SMILES string of the molecule is O=C(Nc1ccccc1)N1CCC(N2C(=O)CCc3ccccc32)CC1. The molecule has 0 bridgehead atoms. The number of piperidine rings is 1. The number of anilines is 2. The molecule has 0 aromatic heterocycles. The molecular weight excluding hydrogens is 326 g/mol. The van der Waals surface area contributed by atoms with Crippen molar-refractivity contribution in [2.45, 2.75) is 31.7 Å². The summed E-state index contributed by atoms with van der Waals surface area (Å²) in [6.45, 7) is 1.32. The number of urea groups is 1. The molecule has 0 aliphatic carbocycles. The summed E-state index contributed by atoms with van der Waals surface area (Å²) in [5, 5.41) is 2.94. The number of carbonyl (C=O) groups excluding carboxylic acids is 2. The standard InChI is InChI=1S/C21H23N3O2/c25-20-11-10-16-6-4-5-9-19(16)24(20)18-12-14-23(15-13-18)21(26)22-17-7-2-1-3-8-17/h1-9,18H,10-15H2,(H,22,26). The Balaban J connectivity index is 1.41. The summed E-state index contributed by atoms with van der Waals surface area (Å²) in [7, 11) is 0. The van der Waals surface area contributed by atoms with Gasteiger partial charge in [-0.25, -0.2) is 4.79 Å². The molecule has 2 aromatic rings. The molecule has 26 heavy (non-hydrogen) atoms. The van der Waals surface area contributed by atoms with E-state index in [0.717, 1.165) is 30.6 Å². The lowest BCUT2D eigenvalue weighted by Crippen LogP contribution is -2.51. The van der Waals surface area contributed by atoms with Crippen molar-refractivity contribution in [3.63, 3.8) is 0 Å². The smallest absolute Gasteiger partial charge is 0.321 e. The summed E-state index contributed by atoms with van der Waals surface area (Å²) in [4.78, 5) is 28.8. The monoisotopic (exact) mass is 349 g/mol. The molecule has 1 saturated heterocycles. The molecule has 0 atom stereocenters. The Kier molecular flexibility index (Phi) is 4.61. The Bertz CT molecular complexity index is 798. The van der Waals surface area contributed by atoms with E-state index in [4.69, 9.17) is 0 Å². The van der Waals surface area contributed by atoms with Gasteiger partial charge in [0.1, 0.15) is 0 Å². The van der Waals surface area contributed by atoms with Crippen LogP contribution in [0.2, 0.25) is 0 Å². The quantitative estimate of drug-likeness (QED) is 0.899. The van der Waals surface area contributed by atoms with E-state index >= 15 is 0 Å². The number of fused-ring (bicyclic) bond motifs is 1. The van der Waals surface area contributed by atoms with E-state index in [2.05, 4.69) is 11.4 Å². The number of carbonyl (C=O) groups is 2. The lowest BCUT2D eigenvalue weighted by atomic mass is 9.95. The van der Waals surface area contributed by atoms with Crippen molar-refractivity contribution >= 4 is 23.3 Å². The molecule has 1 N–H and O–H groups in total. The van der Waals surface area contributed by atoms with Gasteiger partial charge in [-0.1, -0.05) is 36.4 Å². The van der Waals surface area contributed by atoms with Gasteiger partial charge in [0.2, 0.25) is 5.91 Å². The predicted octanol–water partition coefficient (Wildman–Crippen LogP) is 3.66. The zero-order chi connectivity index (χ0) is 17.9. The minimum absolute atomic E-state index is 0.0694. The van der Waals surface area contributed by atoms with Gasteiger partial charge < -0.3 is 15.1 Å². The molecular formula is C21H23N3O2. The minimum atomic E-state index is -0.0694. The molecule has 1 fully saturated rings. The molecule has 2 aromatic carbocycles. The van der Waals surface area contributed by atoms with Gasteiger partial charge in [0.15, 0.2) is 0 Å². The van der Waals surface area contributed by atoms with Crippen molar-refractivity contribution in [2.75, 3.05) is 23.3 Å². The van der Waals surface area contributed by atoms with Crippen LogP contribution in [-0.2, 0) is 11.2 Å². The number of hydrogen-bond acceptors (Lipinski definition) is 2. The number of hydrogen-bond donors (Lipinski definition) is 1. The first-order valence-electron chi connectivity index (χ1n) is 9.23. The van der Waals surface area contributed by atoms with Gasteiger partial charge in [-0.2, -0.15) is 0 Å². The number of benzene rings is 2. The summed E-state index contributed by atoms with van der Waals surface area (Å²) >= 11 is 0. The number of nitrogens with one attached hydrogen (secondary N) is 1. The molecule has 2 aliphatic heterocycles. The zero-order valence-electron chi connectivity index (χ0n) is 14.7. The van der Waals surface area contributed by atoms with Gasteiger partial charge in [0.05, 0.1) is 0 Å². The number of rotatable bonds is 2. The number of aryl methyl sites for hydroxylation is 1. The Morgan fingerprint density at radius 2 is 1.62 bits per heavy atom. The highest BCUT2D eigenvalue weighted by Gasteiger charge is 2.33. The van der Waals surface area contributed by atoms with Gasteiger partial charge in [-0.05, 0) is 43.0 Å². The maximum absolute atomic E-state index is 12.5. The lowest BCUT2D eigenvalue weighted by Gasteiger charge is -2.40. The number of amides is 3. The summed E-state index contributed by atoms with van der Waals surface area (Å²) in [6.07, 6.45) is 3.01. The van der Waals surface area contributed by atoms with Crippen molar-refractivity contribution in [3.8, 4) is 0 Å². The molecule has 2 aliphatic rings. The van der Waals surface area contributed by atoms with Crippen molar-refractivity contribution in [2.24, 2.45) is 0 Å². The highest BCUT2D eigenvalue weighted by atomic mass is 16.2. The van der Waals surface area contributed by atoms with E-state index in [1.807, 2.05) is 58.3 Å². The van der Waals surface area contributed by atoms with Crippen LogP contribution < -0.4 is 10.2 Å². The summed E-state index contributed by atoms with van der Waals surface area (Å²) in [6, 6.07) is 17.8. The second-order valence-electron chi connectivity index (χ2n) is 6.91. The van der Waals surface area contributed by atoms with Crippen LogP contribution in [0.15, 0.2) is 54.6 Å². The van der Waals surface area contributed by atoms with Crippen LogP contribution in [0.25, 0.3) is 0 Å². The Labute approximate surface area is 153 Å². The first-order valence-corrected chi connectivity index (χ1v) is 9.23. The maximum atomic E-state index is 12.5. The van der Waals surface area contributed by atoms with Crippen LogP contribution in [0.4, 0.5) is 16.2 Å². The van der Waals surface area contributed by atoms with Crippen LogP contribution >= 0.6 is 0 Å². The number of likely N-dealkylation sites (tertiary alicyclic amines) is 1.